The van der Waals surface area contributed by atoms with E-state index >= 15 is 0 Å². The fraction of sp³-hybridized carbons (Fsp3) is 0.200. The smallest absolute Gasteiger partial charge is 0.340 e. The zero-order chi connectivity index (χ0) is 13.9. The molecule has 0 atom stereocenters. The van der Waals surface area contributed by atoms with Crippen molar-refractivity contribution in [3.8, 4) is 0 Å². The normalized spacial score (nSPS) is 11.0. The molecule has 1 aromatic rings. The third-order valence-corrected chi connectivity index (χ3v) is 3.37. The summed E-state index contributed by atoms with van der Waals surface area (Å²) >= 11 is 5.74. The molecule has 6 nitrogen and oxygen atoms in total. The van der Waals surface area contributed by atoms with Gasteiger partial charge in [0, 0.05) is 6.26 Å². The molecule has 0 saturated heterocycles. The van der Waals surface area contributed by atoms with Gasteiger partial charge in [-0.05, 0) is 18.2 Å². The van der Waals surface area contributed by atoms with Crippen molar-refractivity contribution in [2.24, 2.45) is 5.73 Å². The number of carbonyl (C=O) groups excluding carboxylic acids is 2. The number of primary amides is 1. The molecule has 18 heavy (non-hydrogen) atoms. The van der Waals surface area contributed by atoms with E-state index in [1.807, 2.05) is 0 Å². The van der Waals surface area contributed by atoms with Gasteiger partial charge in [0.05, 0.1) is 15.5 Å². The van der Waals surface area contributed by atoms with Crippen LogP contribution in [0.15, 0.2) is 23.1 Å². The first-order valence-corrected chi connectivity index (χ1v) is 6.94. The van der Waals surface area contributed by atoms with Crippen LogP contribution in [0.5, 0.6) is 0 Å². The highest BCUT2D eigenvalue weighted by Crippen LogP contribution is 2.21. The van der Waals surface area contributed by atoms with Crippen LogP contribution in [-0.4, -0.2) is 33.2 Å². The molecule has 0 aromatic heterocycles. The third kappa shape index (κ3) is 3.71. The molecule has 0 bridgehead atoms. The molecule has 0 aliphatic carbocycles. The number of hydrogen-bond donors (Lipinski definition) is 1. The maximum atomic E-state index is 11.5. The number of sulfone groups is 1. The van der Waals surface area contributed by atoms with Crippen LogP contribution in [0.2, 0.25) is 5.02 Å². The predicted octanol–water partition coefficient (Wildman–Crippen LogP) is 0.386. The molecule has 0 radical (unpaired) electrons. The largest absolute Gasteiger partial charge is 0.452 e. The first kappa shape index (κ1) is 14.5. The van der Waals surface area contributed by atoms with E-state index in [1.165, 1.54) is 12.1 Å². The van der Waals surface area contributed by atoms with E-state index in [2.05, 4.69) is 4.74 Å². The molecule has 1 amide bonds. The standard InChI is InChI=1S/C10H10ClNO5S/c1-18(15,16)6-2-3-8(11)7(4-6)10(14)17-5-9(12)13/h2-4H,5H2,1H3,(H2,12,13). The van der Waals surface area contributed by atoms with Gasteiger partial charge in [-0.15, -0.1) is 0 Å². The first-order chi connectivity index (χ1) is 8.21. The summed E-state index contributed by atoms with van der Waals surface area (Å²) in [5.74, 6) is -1.73. The SMILES string of the molecule is CS(=O)(=O)c1ccc(Cl)c(C(=O)OCC(N)=O)c1. The van der Waals surface area contributed by atoms with Crippen LogP contribution in [0.1, 0.15) is 10.4 Å². The molecule has 0 heterocycles. The second-order valence-electron chi connectivity index (χ2n) is 3.46. The van der Waals surface area contributed by atoms with Crippen LogP contribution in [-0.2, 0) is 19.4 Å². The maximum Gasteiger partial charge on any atom is 0.340 e. The lowest BCUT2D eigenvalue weighted by molar-refractivity contribution is -0.121. The molecule has 0 aliphatic rings. The second-order valence-corrected chi connectivity index (χ2v) is 5.88. The molecule has 0 spiro atoms. The van der Waals surface area contributed by atoms with Gasteiger partial charge in [0.15, 0.2) is 16.4 Å². The summed E-state index contributed by atoms with van der Waals surface area (Å²) in [6.45, 7) is -0.599. The van der Waals surface area contributed by atoms with E-state index in [0.717, 1.165) is 12.3 Å². The van der Waals surface area contributed by atoms with Crippen LogP contribution in [0, 0.1) is 0 Å². The highest BCUT2D eigenvalue weighted by molar-refractivity contribution is 7.90. The van der Waals surface area contributed by atoms with Gasteiger partial charge in [0.25, 0.3) is 5.91 Å². The van der Waals surface area contributed by atoms with E-state index in [9.17, 15) is 18.0 Å². The Bertz CT molecular complexity index is 596. The van der Waals surface area contributed by atoms with Gasteiger partial charge in [-0.1, -0.05) is 11.6 Å². The number of rotatable bonds is 4. The van der Waals surface area contributed by atoms with Gasteiger partial charge in [0.1, 0.15) is 0 Å². The Morgan fingerprint density at radius 3 is 2.50 bits per heavy atom. The molecule has 0 saturated carbocycles. The van der Waals surface area contributed by atoms with E-state index in [1.54, 1.807) is 0 Å². The molecule has 0 fully saturated rings. The highest BCUT2D eigenvalue weighted by Gasteiger charge is 2.17. The molecule has 0 unspecified atom stereocenters. The summed E-state index contributed by atoms with van der Waals surface area (Å²) < 4.78 is 27.2. The molecular formula is C10H10ClNO5S. The van der Waals surface area contributed by atoms with Gasteiger partial charge in [-0.3, -0.25) is 4.79 Å². The zero-order valence-corrected chi connectivity index (χ0v) is 10.9. The number of benzene rings is 1. The van der Waals surface area contributed by atoms with Crippen LogP contribution < -0.4 is 5.73 Å². The van der Waals surface area contributed by atoms with Crippen LogP contribution in [0.4, 0.5) is 0 Å². The number of ether oxygens (including phenoxy) is 1. The molecule has 1 rings (SSSR count). The number of carbonyl (C=O) groups is 2. The average molecular weight is 292 g/mol. The summed E-state index contributed by atoms with van der Waals surface area (Å²) in [4.78, 5) is 21.9. The lowest BCUT2D eigenvalue weighted by Gasteiger charge is -2.06. The fourth-order valence-electron chi connectivity index (χ4n) is 1.11. The maximum absolute atomic E-state index is 11.5. The molecule has 8 heteroatoms. The van der Waals surface area contributed by atoms with Crippen molar-refractivity contribution in [3.63, 3.8) is 0 Å². The number of amides is 1. The third-order valence-electron chi connectivity index (χ3n) is 1.93. The Kier molecular flexibility index (Phi) is 4.31. The van der Waals surface area contributed by atoms with Crippen molar-refractivity contribution >= 4 is 33.3 Å². The van der Waals surface area contributed by atoms with Crippen molar-refractivity contribution in [2.45, 2.75) is 4.90 Å². The monoisotopic (exact) mass is 291 g/mol. The van der Waals surface area contributed by atoms with E-state index in [4.69, 9.17) is 17.3 Å². The van der Waals surface area contributed by atoms with Crippen LogP contribution in [0.3, 0.4) is 0 Å². The minimum Gasteiger partial charge on any atom is -0.452 e. The number of halogens is 1. The highest BCUT2D eigenvalue weighted by atomic mass is 35.5. The van der Waals surface area contributed by atoms with Crippen molar-refractivity contribution < 1.29 is 22.7 Å². The average Bonchev–Trinajstić information content (AvgIpc) is 2.24. The number of hydrogen-bond acceptors (Lipinski definition) is 5. The van der Waals surface area contributed by atoms with E-state index in [-0.39, 0.29) is 15.5 Å². The lowest BCUT2D eigenvalue weighted by Crippen LogP contribution is -2.21. The van der Waals surface area contributed by atoms with E-state index in [0.29, 0.717) is 0 Å². The quantitative estimate of drug-likeness (QED) is 0.808. The summed E-state index contributed by atoms with van der Waals surface area (Å²) in [6, 6.07) is 3.61. The first-order valence-electron chi connectivity index (χ1n) is 4.67. The summed E-state index contributed by atoms with van der Waals surface area (Å²) in [7, 11) is -3.46. The molecular weight excluding hydrogens is 282 g/mol. The fourth-order valence-corrected chi connectivity index (χ4v) is 1.95. The Balaban J connectivity index is 3.08. The minimum absolute atomic E-state index is 0.0249. The van der Waals surface area contributed by atoms with Crippen molar-refractivity contribution in [1.29, 1.82) is 0 Å². The summed E-state index contributed by atoms with van der Waals surface area (Å²) in [5, 5.41) is 0.0249. The predicted molar refractivity (Wildman–Crippen MR) is 64.0 cm³/mol. The van der Waals surface area contributed by atoms with Crippen molar-refractivity contribution in [1.82, 2.24) is 0 Å². The van der Waals surface area contributed by atoms with E-state index < -0.39 is 28.3 Å². The number of nitrogens with two attached hydrogens (primary N) is 1. The summed E-state index contributed by atoms with van der Waals surface area (Å²) in [6.07, 6.45) is 0.995. The van der Waals surface area contributed by atoms with Crippen LogP contribution >= 0.6 is 11.6 Å². The zero-order valence-electron chi connectivity index (χ0n) is 9.34. The Morgan fingerprint density at radius 2 is 2.00 bits per heavy atom. The second kappa shape index (κ2) is 5.36. The van der Waals surface area contributed by atoms with Gasteiger partial charge >= 0.3 is 5.97 Å². The molecule has 1 aromatic carbocycles. The van der Waals surface area contributed by atoms with Gasteiger partial charge in [-0.2, -0.15) is 0 Å². The summed E-state index contributed by atoms with van der Waals surface area (Å²) in [5.41, 5.74) is 4.67. The molecule has 0 aliphatic heterocycles. The topological polar surface area (TPSA) is 104 Å². The Labute approximate surface area is 109 Å². The Hall–Kier alpha value is -1.60. The minimum atomic E-state index is -3.46. The van der Waals surface area contributed by atoms with Gasteiger partial charge < -0.3 is 10.5 Å². The van der Waals surface area contributed by atoms with Crippen LogP contribution in [0.25, 0.3) is 0 Å². The van der Waals surface area contributed by atoms with Gasteiger partial charge in [0.2, 0.25) is 0 Å². The Morgan fingerprint density at radius 1 is 1.39 bits per heavy atom. The van der Waals surface area contributed by atoms with Crippen molar-refractivity contribution in [2.75, 3.05) is 12.9 Å². The molecule has 2 N–H and O–H groups in total. The molecule has 98 valence electrons. The number of esters is 1. The van der Waals surface area contributed by atoms with Gasteiger partial charge in [-0.25, -0.2) is 13.2 Å². The lowest BCUT2D eigenvalue weighted by atomic mass is 10.2. The van der Waals surface area contributed by atoms with Crippen molar-refractivity contribution in [3.05, 3.63) is 28.8 Å².